The molecule has 3 N–H and O–H groups in total. The van der Waals surface area contributed by atoms with Gasteiger partial charge < -0.3 is 25.2 Å². The Morgan fingerprint density at radius 3 is 2.69 bits per heavy atom. The minimum absolute atomic E-state index is 0.141. The van der Waals surface area contributed by atoms with Crippen molar-refractivity contribution < 1.29 is 19.4 Å². The van der Waals surface area contributed by atoms with Crippen molar-refractivity contribution in [2.45, 2.75) is 24.9 Å². The summed E-state index contributed by atoms with van der Waals surface area (Å²) in [5, 5.41) is 16.6. The Morgan fingerprint density at radius 1 is 1.15 bits per heavy atom. The third-order valence-corrected chi connectivity index (χ3v) is 4.72. The van der Waals surface area contributed by atoms with E-state index in [0.29, 0.717) is 17.9 Å². The van der Waals surface area contributed by atoms with Gasteiger partial charge in [0.05, 0.1) is 20.8 Å². The smallest absolute Gasteiger partial charge is 0.319 e. The zero-order valence-electron chi connectivity index (χ0n) is 15.0. The van der Waals surface area contributed by atoms with E-state index in [1.165, 1.54) is 0 Å². The highest BCUT2D eigenvalue weighted by Crippen LogP contribution is 2.36. The van der Waals surface area contributed by atoms with Gasteiger partial charge in [0.25, 0.3) is 0 Å². The molecular weight excluding hydrogens is 332 g/mol. The molecule has 0 bridgehead atoms. The summed E-state index contributed by atoms with van der Waals surface area (Å²) in [6.07, 6.45) is 2.35. The number of hydrogen-bond acceptors (Lipinski definition) is 4. The molecule has 0 spiro atoms. The second-order valence-corrected chi connectivity index (χ2v) is 6.45. The lowest BCUT2D eigenvalue weighted by molar-refractivity contribution is 0.0220. The minimum Gasteiger partial charge on any atom is -0.497 e. The average Bonchev–Trinajstić information content (AvgIpc) is 2.66. The predicted molar refractivity (Wildman–Crippen MR) is 99.8 cm³/mol. The molecule has 1 aliphatic carbocycles. The number of anilines is 1. The van der Waals surface area contributed by atoms with Crippen LogP contribution in [0.1, 0.15) is 24.0 Å². The molecule has 6 nitrogen and oxygen atoms in total. The normalized spacial score (nSPS) is 18.6. The van der Waals surface area contributed by atoms with Crippen LogP contribution in [-0.4, -0.2) is 31.9 Å². The van der Waals surface area contributed by atoms with E-state index in [0.717, 1.165) is 29.7 Å². The topological polar surface area (TPSA) is 79.8 Å². The Kier molecular flexibility index (Phi) is 5.32. The van der Waals surface area contributed by atoms with Gasteiger partial charge in [-0.2, -0.15) is 0 Å². The van der Waals surface area contributed by atoms with Gasteiger partial charge in [-0.3, -0.25) is 0 Å². The molecule has 0 saturated heterocycles. The number of aryl methyl sites for hydroxylation is 1. The molecule has 0 aromatic heterocycles. The summed E-state index contributed by atoms with van der Waals surface area (Å²) in [5.74, 6) is 1.44. The molecular formula is C20H24N2O4. The summed E-state index contributed by atoms with van der Waals surface area (Å²) in [4.78, 5) is 12.2. The van der Waals surface area contributed by atoms with Gasteiger partial charge in [-0.05, 0) is 54.7 Å². The first-order chi connectivity index (χ1) is 12.5. The van der Waals surface area contributed by atoms with Crippen molar-refractivity contribution >= 4 is 11.7 Å². The number of nitrogens with one attached hydrogen (secondary N) is 2. The van der Waals surface area contributed by atoms with E-state index in [9.17, 15) is 9.90 Å². The highest BCUT2D eigenvalue weighted by atomic mass is 16.5. The third-order valence-electron chi connectivity index (χ3n) is 4.72. The fourth-order valence-corrected chi connectivity index (χ4v) is 3.35. The Hall–Kier alpha value is -2.73. The molecule has 0 aliphatic heterocycles. The number of methoxy groups -OCH3 is 2. The van der Waals surface area contributed by atoms with Gasteiger partial charge in [0, 0.05) is 11.8 Å². The Bertz CT molecular complexity index is 793. The zero-order chi connectivity index (χ0) is 18.6. The second-order valence-electron chi connectivity index (χ2n) is 6.45. The molecule has 0 saturated carbocycles. The molecule has 1 unspecified atom stereocenters. The molecule has 0 fully saturated rings. The number of benzene rings is 2. The Balaban J connectivity index is 1.66. The molecule has 0 radical (unpaired) electrons. The first-order valence-electron chi connectivity index (χ1n) is 8.63. The van der Waals surface area contributed by atoms with Crippen molar-refractivity contribution in [2.24, 2.45) is 0 Å². The summed E-state index contributed by atoms with van der Waals surface area (Å²) in [5.41, 5.74) is 1.47. The number of rotatable bonds is 5. The molecule has 6 heteroatoms. The monoisotopic (exact) mass is 356 g/mol. The molecule has 1 atom stereocenters. The van der Waals surface area contributed by atoms with Crippen LogP contribution in [0.25, 0.3) is 0 Å². The first-order valence-corrected chi connectivity index (χ1v) is 8.63. The zero-order valence-corrected chi connectivity index (χ0v) is 15.0. The molecule has 2 aromatic carbocycles. The molecule has 1 aliphatic rings. The van der Waals surface area contributed by atoms with E-state index >= 15 is 0 Å². The summed E-state index contributed by atoms with van der Waals surface area (Å²) >= 11 is 0. The van der Waals surface area contributed by atoms with Crippen molar-refractivity contribution in [2.75, 3.05) is 26.1 Å². The van der Waals surface area contributed by atoms with Crippen LogP contribution in [0, 0.1) is 0 Å². The van der Waals surface area contributed by atoms with Gasteiger partial charge in [0.15, 0.2) is 0 Å². The summed E-state index contributed by atoms with van der Waals surface area (Å²) in [7, 11) is 3.20. The van der Waals surface area contributed by atoms with Crippen LogP contribution in [0.2, 0.25) is 0 Å². The lowest BCUT2D eigenvalue weighted by Crippen LogP contribution is -2.44. The number of ether oxygens (including phenoxy) is 2. The quantitative estimate of drug-likeness (QED) is 0.769. The van der Waals surface area contributed by atoms with Crippen LogP contribution in [-0.2, 0) is 12.0 Å². The van der Waals surface area contributed by atoms with Crippen molar-refractivity contribution in [3.05, 3.63) is 53.6 Å². The largest absolute Gasteiger partial charge is 0.497 e. The average molecular weight is 356 g/mol. The summed E-state index contributed by atoms with van der Waals surface area (Å²) < 4.78 is 10.4. The maximum Gasteiger partial charge on any atom is 0.319 e. The fourth-order valence-electron chi connectivity index (χ4n) is 3.35. The number of fused-ring (bicyclic) bond motifs is 1. The number of urea groups is 1. The number of aliphatic hydroxyl groups is 1. The van der Waals surface area contributed by atoms with Crippen molar-refractivity contribution in [3.63, 3.8) is 0 Å². The van der Waals surface area contributed by atoms with Gasteiger partial charge in [0.2, 0.25) is 0 Å². The van der Waals surface area contributed by atoms with Gasteiger partial charge in [-0.1, -0.05) is 12.1 Å². The first kappa shape index (κ1) is 18.1. The lowest BCUT2D eigenvalue weighted by Gasteiger charge is -2.34. The molecule has 26 heavy (non-hydrogen) atoms. The Morgan fingerprint density at radius 2 is 1.92 bits per heavy atom. The number of carbonyl (C=O) groups excluding carboxylic acids is 1. The Labute approximate surface area is 153 Å². The van der Waals surface area contributed by atoms with Gasteiger partial charge in [-0.25, -0.2) is 4.79 Å². The van der Waals surface area contributed by atoms with Crippen LogP contribution in [0.4, 0.5) is 10.5 Å². The number of amides is 2. The highest BCUT2D eigenvalue weighted by Gasteiger charge is 2.34. The van der Waals surface area contributed by atoms with Crippen molar-refractivity contribution in [1.82, 2.24) is 5.32 Å². The van der Waals surface area contributed by atoms with Crippen LogP contribution < -0.4 is 20.1 Å². The van der Waals surface area contributed by atoms with Crippen LogP contribution in [0.5, 0.6) is 11.5 Å². The second kappa shape index (κ2) is 7.66. The standard InChI is InChI=1S/C20H24N2O4/c1-25-16-7-3-6-15(12-16)22-19(23)21-13-20(24)10-4-5-14-11-17(26-2)8-9-18(14)20/h3,6-9,11-12,24H,4-5,10,13H2,1-2H3,(H2,21,22,23). The van der Waals surface area contributed by atoms with E-state index in [4.69, 9.17) is 9.47 Å². The van der Waals surface area contributed by atoms with Crippen LogP contribution >= 0.6 is 0 Å². The number of carbonyl (C=O) groups is 1. The molecule has 0 heterocycles. The van der Waals surface area contributed by atoms with Crippen molar-refractivity contribution in [1.29, 1.82) is 0 Å². The van der Waals surface area contributed by atoms with Gasteiger partial charge in [-0.15, -0.1) is 0 Å². The summed E-state index contributed by atoms with van der Waals surface area (Å²) in [6, 6.07) is 12.4. The molecule has 138 valence electrons. The SMILES string of the molecule is COc1cccc(NC(=O)NCC2(O)CCCc3cc(OC)ccc32)c1. The molecule has 2 amide bonds. The summed E-state index contributed by atoms with van der Waals surface area (Å²) in [6.45, 7) is 0.141. The van der Waals surface area contributed by atoms with E-state index in [1.54, 1.807) is 38.5 Å². The minimum atomic E-state index is -1.08. The highest BCUT2D eigenvalue weighted by molar-refractivity contribution is 5.89. The predicted octanol–water partition coefficient (Wildman–Crippen LogP) is 3.05. The molecule has 3 rings (SSSR count). The maximum absolute atomic E-state index is 12.2. The van der Waals surface area contributed by atoms with Crippen LogP contribution in [0.3, 0.4) is 0 Å². The lowest BCUT2D eigenvalue weighted by atomic mass is 9.79. The van der Waals surface area contributed by atoms with Gasteiger partial charge in [0.1, 0.15) is 17.1 Å². The van der Waals surface area contributed by atoms with Crippen molar-refractivity contribution in [3.8, 4) is 11.5 Å². The molecule has 2 aromatic rings. The van der Waals surface area contributed by atoms with Crippen LogP contribution in [0.15, 0.2) is 42.5 Å². The van der Waals surface area contributed by atoms with E-state index < -0.39 is 5.60 Å². The van der Waals surface area contributed by atoms with Gasteiger partial charge >= 0.3 is 6.03 Å². The maximum atomic E-state index is 12.2. The van der Waals surface area contributed by atoms with E-state index in [2.05, 4.69) is 10.6 Å². The van der Waals surface area contributed by atoms with E-state index in [1.807, 2.05) is 18.2 Å². The number of hydrogen-bond donors (Lipinski definition) is 3. The van der Waals surface area contributed by atoms with E-state index in [-0.39, 0.29) is 12.6 Å². The fraction of sp³-hybridized carbons (Fsp3) is 0.350. The third kappa shape index (κ3) is 3.91.